The van der Waals surface area contributed by atoms with Crippen molar-refractivity contribution in [2.75, 3.05) is 25.3 Å². The van der Waals surface area contributed by atoms with Crippen LogP contribution in [0.1, 0.15) is 16.8 Å². The smallest absolute Gasteiger partial charge is 0.326 e. The molecule has 0 saturated carbocycles. The second kappa shape index (κ2) is 9.07. The van der Waals surface area contributed by atoms with Crippen LogP contribution in [0, 0.1) is 0 Å². The molecule has 1 aromatic carbocycles. The lowest BCUT2D eigenvalue weighted by Gasteiger charge is -2.24. The molecule has 1 aliphatic heterocycles. The molecule has 2 amide bonds. The molecule has 2 unspecified atom stereocenters. The molecule has 0 spiro atoms. The van der Waals surface area contributed by atoms with Crippen molar-refractivity contribution in [3.05, 3.63) is 34.9 Å². The van der Waals surface area contributed by atoms with Crippen molar-refractivity contribution in [1.29, 1.82) is 0 Å². The Bertz CT molecular complexity index is 640. The standard InChI is InChI=1S/C16H19ClN2O5S/c1-24-7-6-12(16(22)23)18-14(20)13-8-25-9-19(13)15(21)10-2-4-11(17)5-3-10/h2-5,12-13H,6-9H2,1H3,(H,18,20)(H,22,23). The summed E-state index contributed by atoms with van der Waals surface area (Å²) in [4.78, 5) is 37.8. The first-order chi connectivity index (χ1) is 11.9. The van der Waals surface area contributed by atoms with Gasteiger partial charge in [-0.05, 0) is 24.3 Å². The van der Waals surface area contributed by atoms with E-state index < -0.39 is 24.0 Å². The van der Waals surface area contributed by atoms with Crippen LogP contribution in [0.5, 0.6) is 0 Å². The van der Waals surface area contributed by atoms with E-state index in [1.807, 2.05) is 0 Å². The summed E-state index contributed by atoms with van der Waals surface area (Å²) >= 11 is 7.27. The van der Waals surface area contributed by atoms with E-state index >= 15 is 0 Å². The highest BCUT2D eigenvalue weighted by molar-refractivity contribution is 7.99. The first-order valence-electron chi connectivity index (χ1n) is 7.60. The number of carboxylic acids is 1. The van der Waals surface area contributed by atoms with E-state index in [1.165, 1.54) is 23.8 Å². The molecule has 7 nitrogen and oxygen atoms in total. The maximum absolute atomic E-state index is 12.6. The van der Waals surface area contributed by atoms with Crippen LogP contribution in [0.2, 0.25) is 5.02 Å². The fourth-order valence-electron chi connectivity index (χ4n) is 2.38. The summed E-state index contributed by atoms with van der Waals surface area (Å²) in [6.07, 6.45) is 0.155. The lowest BCUT2D eigenvalue weighted by Crippen LogP contribution is -2.52. The predicted octanol–water partition coefficient (Wildman–Crippen LogP) is 1.46. The van der Waals surface area contributed by atoms with Gasteiger partial charge in [-0.3, -0.25) is 9.59 Å². The van der Waals surface area contributed by atoms with Crippen LogP contribution in [-0.2, 0) is 14.3 Å². The average Bonchev–Trinajstić information content (AvgIpc) is 3.08. The van der Waals surface area contributed by atoms with Crippen LogP contribution < -0.4 is 5.32 Å². The lowest BCUT2D eigenvalue weighted by atomic mass is 10.1. The van der Waals surface area contributed by atoms with E-state index in [0.29, 0.717) is 22.2 Å². The average molecular weight is 387 g/mol. The maximum atomic E-state index is 12.6. The molecule has 2 rings (SSSR count). The Morgan fingerprint density at radius 2 is 2.08 bits per heavy atom. The molecule has 25 heavy (non-hydrogen) atoms. The van der Waals surface area contributed by atoms with Gasteiger partial charge in [-0.2, -0.15) is 0 Å². The first-order valence-corrected chi connectivity index (χ1v) is 9.13. The quantitative estimate of drug-likeness (QED) is 0.736. The van der Waals surface area contributed by atoms with Crippen molar-refractivity contribution in [3.8, 4) is 0 Å². The fraction of sp³-hybridized carbons (Fsp3) is 0.438. The number of nitrogens with zero attached hydrogens (tertiary/aromatic N) is 1. The van der Waals surface area contributed by atoms with Crippen molar-refractivity contribution in [1.82, 2.24) is 10.2 Å². The van der Waals surface area contributed by atoms with Crippen LogP contribution >= 0.6 is 23.4 Å². The molecule has 0 aliphatic carbocycles. The lowest BCUT2D eigenvalue weighted by molar-refractivity contribution is -0.142. The summed E-state index contributed by atoms with van der Waals surface area (Å²) in [7, 11) is 1.46. The van der Waals surface area contributed by atoms with Crippen LogP contribution in [0.25, 0.3) is 0 Å². The van der Waals surface area contributed by atoms with Crippen molar-refractivity contribution >= 4 is 41.1 Å². The number of carbonyl (C=O) groups excluding carboxylic acids is 2. The van der Waals surface area contributed by atoms with Crippen molar-refractivity contribution < 1.29 is 24.2 Å². The number of halogens is 1. The van der Waals surface area contributed by atoms with E-state index in [9.17, 15) is 19.5 Å². The third-order valence-electron chi connectivity index (χ3n) is 3.76. The molecule has 1 aliphatic rings. The van der Waals surface area contributed by atoms with Crippen LogP contribution in [-0.4, -0.2) is 65.2 Å². The highest BCUT2D eigenvalue weighted by atomic mass is 35.5. The molecule has 1 aromatic rings. The van der Waals surface area contributed by atoms with E-state index in [-0.39, 0.29) is 18.9 Å². The summed E-state index contributed by atoms with van der Waals surface area (Å²) in [6.45, 7) is 0.212. The monoisotopic (exact) mass is 386 g/mol. The summed E-state index contributed by atoms with van der Waals surface area (Å²) in [5, 5.41) is 12.2. The number of rotatable bonds is 7. The predicted molar refractivity (Wildman–Crippen MR) is 94.8 cm³/mol. The Morgan fingerprint density at radius 1 is 1.40 bits per heavy atom. The first kappa shape index (κ1) is 19.6. The number of carboxylic acid groups (broad SMARTS) is 1. The Kier molecular flexibility index (Phi) is 7.10. The Morgan fingerprint density at radius 3 is 2.68 bits per heavy atom. The summed E-state index contributed by atoms with van der Waals surface area (Å²) in [6, 6.07) is 4.65. The number of thioether (sulfide) groups is 1. The van der Waals surface area contributed by atoms with Gasteiger partial charge in [-0.1, -0.05) is 11.6 Å². The summed E-state index contributed by atoms with van der Waals surface area (Å²) in [5.41, 5.74) is 0.430. The van der Waals surface area contributed by atoms with Gasteiger partial charge in [0.15, 0.2) is 0 Å². The number of ether oxygens (including phenoxy) is 1. The molecular weight excluding hydrogens is 368 g/mol. The van der Waals surface area contributed by atoms with Crippen LogP contribution in [0.3, 0.4) is 0 Å². The Balaban J connectivity index is 2.06. The second-order valence-electron chi connectivity index (χ2n) is 5.48. The van der Waals surface area contributed by atoms with Gasteiger partial charge < -0.3 is 20.1 Å². The molecule has 2 N–H and O–H groups in total. The van der Waals surface area contributed by atoms with E-state index in [1.54, 1.807) is 24.3 Å². The molecule has 2 atom stereocenters. The van der Waals surface area contributed by atoms with Crippen molar-refractivity contribution in [2.45, 2.75) is 18.5 Å². The minimum absolute atomic E-state index is 0.155. The van der Waals surface area contributed by atoms with Crippen LogP contribution in [0.4, 0.5) is 0 Å². The minimum atomic E-state index is -1.13. The number of methoxy groups -OCH3 is 1. The zero-order valence-corrected chi connectivity index (χ0v) is 15.2. The normalized spacial score (nSPS) is 18.0. The number of amides is 2. The van der Waals surface area contributed by atoms with Gasteiger partial charge in [0.1, 0.15) is 12.1 Å². The largest absolute Gasteiger partial charge is 0.480 e. The molecule has 1 saturated heterocycles. The van der Waals surface area contributed by atoms with Crippen LogP contribution in [0.15, 0.2) is 24.3 Å². The van der Waals surface area contributed by atoms with Gasteiger partial charge >= 0.3 is 5.97 Å². The maximum Gasteiger partial charge on any atom is 0.326 e. The third kappa shape index (κ3) is 5.10. The molecule has 9 heteroatoms. The molecular formula is C16H19ClN2O5S. The second-order valence-corrected chi connectivity index (χ2v) is 6.91. The van der Waals surface area contributed by atoms with Gasteiger partial charge in [0.05, 0.1) is 5.88 Å². The minimum Gasteiger partial charge on any atom is -0.480 e. The van der Waals surface area contributed by atoms with Gasteiger partial charge in [0, 0.05) is 36.5 Å². The van der Waals surface area contributed by atoms with Gasteiger partial charge in [-0.25, -0.2) is 4.79 Å². The number of hydrogen-bond donors (Lipinski definition) is 2. The summed E-state index contributed by atoms with van der Waals surface area (Å²) < 4.78 is 4.86. The van der Waals surface area contributed by atoms with Crippen molar-refractivity contribution in [2.24, 2.45) is 0 Å². The highest BCUT2D eigenvalue weighted by Crippen LogP contribution is 2.24. The Labute approximate surface area is 154 Å². The zero-order chi connectivity index (χ0) is 18.4. The number of aliphatic carboxylic acids is 1. The van der Waals surface area contributed by atoms with E-state index in [2.05, 4.69) is 5.32 Å². The van der Waals surface area contributed by atoms with Gasteiger partial charge in [-0.15, -0.1) is 11.8 Å². The number of carbonyl (C=O) groups is 3. The topological polar surface area (TPSA) is 95.9 Å². The SMILES string of the molecule is COCCC(NC(=O)C1CSCN1C(=O)c1ccc(Cl)cc1)C(=O)O. The zero-order valence-electron chi connectivity index (χ0n) is 13.6. The van der Waals surface area contributed by atoms with E-state index in [4.69, 9.17) is 16.3 Å². The molecule has 1 fully saturated rings. The molecule has 136 valence electrons. The molecule has 0 bridgehead atoms. The summed E-state index contributed by atoms with van der Waals surface area (Å²) in [5.74, 6) is -1.11. The number of benzene rings is 1. The van der Waals surface area contributed by atoms with Gasteiger partial charge in [0.25, 0.3) is 5.91 Å². The Hall–Kier alpha value is -1.77. The number of hydrogen-bond acceptors (Lipinski definition) is 5. The molecule has 1 heterocycles. The highest BCUT2D eigenvalue weighted by Gasteiger charge is 2.36. The third-order valence-corrected chi connectivity index (χ3v) is 5.03. The fourth-order valence-corrected chi connectivity index (χ4v) is 3.66. The van der Waals surface area contributed by atoms with Gasteiger partial charge in [0.2, 0.25) is 5.91 Å². The molecule has 0 radical (unpaired) electrons. The van der Waals surface area contributed by atoms with E-state index in [0.717, 1.165) is 0 Å². The number of nitrogens with one attached hydrogen (secondary N) is 1. The molecule has 0 aromatic heterocycles. The van der Waals surface area contributed by atoms with Crippen molar-refractivity contribution in [3.63, 3.8) is 0 Å².